The van der Waals surface area contributed by atoms with E-state index in [1.54, 1.807) is 7.11 Å². The second-order valence-corrected chi connectivity index (χ2v) is 4.46. The maximum atomic E-state index is 11.8. The number of nitro groups is 1. The first-order chi connectivity index (χ1) is 10.6. The maximum Gasteiger partial charge on any atom is 0.319 e. The van der Waals surface area contributed by atoms with E-state index in [0.29, 0.717) is 12.2 Å². The molecule has 2 aromatic carbocycles. The van der Waals surface area contributed by atoms with Crippen molar-refractivity contribution < 1.29 is 14.5 Å². The van der Waals surface area contributed by atoms with Crippen LogP contribution in [-0.2, 0) is 6.54 Å². The highest BCUT2D eigenvalue weighted by Gasteiger charge is 2.06. The molecule has 0 heterocycles. The molecule has 7 heteroatoms. The molecule has 0 atom stereocenters. The van der Waals surface area contributed by atoms with Crippen molar-refractivity contribution in [2.24, 2.45) is 0 Å². The number of urea groups is 1. The van der Waals surface area contributed by atoms with Crippen molar-refractivity contribution in [2.75, 3.05) is 12.4 Å². The van der Waals surface area contributed by atoms with E-state index in [0.717, 1.165) is 11.3 Å². The number of carbonyl (C=O) groups excluding carboxylic acids is 1. The van der Waals surface area contributed by atoms with Crippen molar-refractivity contribution in [1.82, 2.24) is 5.32 Å². The van der Waals surface area contributed by atoms with Gasteiger partial charge in [0, 0.05) is 24.4 Å². The molecule has 2 rings (SSSR count). The van der Waals surface area contributed by atoms with E-state index >= 15 is 0 Å². The van der Waals surface area contributed by atoms with Gasteiger partial charge in [0.1, 0.15) is 5.75 Å². The molecule has 2 amide bonds. The molecule has 0 aliphatic carbocycles. The van der Waals surface area contributed by atoms with Gasteiger partial charge in [-0.25, -0.2) is 4.79 Å². The molecule has 22 heavy (non-hydrogen) atoms. The number of carbonyl (C=O) groups is 1. The number of nitro benzene ring substituents is 1. The van der Waals surface area contributed by atoms with E-state index in [-0.39, 0.29) is 5.69 Å². The van der Waals surface area contributed by atoms with Crippen molar-refractivity contribution in [1.29, 1.82) is 0 Å². The first kappa shape index (κ1) is 15.3. The van der Waals surface area contributed by atoms with Gasteiger partial charge in [0.05, 0.1) is 12.0 Å². The normalized spacial score (nSPS) is 9.86. The van der Waals surface area contributed by atoms with Crippen LogP contribution in [0, 0.1) is 10.1 Å². The maximum absolute atomic E-state index is 11.8. The van der Waals surface area contributed by atoms with Crippen LogP contribution in [0.15, 0.2) is 48.5 Å². The molecule has 0 unspecified atom stereocenters. The van der Waals surface area contributed by atoms with Gasteiger partial charge >= 0.3 is 6.03 Å². The molecule has 0 aliphatic heterocycles. The summed E-state index contributed by atoms with van der Waals surface area (Å²) in [6.07, 6.45) is 0. The second-order valence-electron chi connectivity index (χ2n) is 4.46. The number of amides is 2. The van der Waals surface area contributed by atoms with Crippen LogP contribution in [0.5, 0.6) is 5.75 Å². The summed E-state index contributed by atoms with van der Waals surface area (Å²) in [4.78, 5) is 21.8. The molecule has 114 valence electrons. The number of methoxy groups -OCH3 is 1. The molecule has 2 N–H and O–H groups in total. The molecule has 7 nitrogen and oxygen atoms in total. The van der Waals surface area contributed by atoms with Crippen molar-refractivity contribution in [3.63, 3.8) is 0 Å². The first-order valence-corrected chi connectivity index (χ1v) is 6.51. The number of nitrogens with one attached hydrogen (secondary N) is 2. The van der Waals surface area contributed by atoms with Crippen molar-refractivity contribution in [3.8, 4) is 5.75 Å². The summed E-state index contributed by atoms with van der Waals surface area (Å²) in [5.41, 5.74) is 1.36. The fraction of sp³-hybridized carbons (Fsp3) is 0.133. The molecular formula is C15H15N3O4. The smallest absolute Gasteiger partial charge is 0.319 e. The number of rotatable bonds is 5. The predicted molar refractivity (Wildman–Crippen MR) is 81.9 cm³/mol. The van der Waals surface area contributed by atoms with Gasteiger partial charge in [-0.3, -0.25) is 10.1 Å². The van der Waals surface area contributed by atoms with Gasteiger partial charge in [-0.15, -0.1) is 0 Å². The van der Waals surface area contributed by atoms with E-state index in [1.807, 2.05) is 24.3 Å². The zero-order valence-electron chi connectivity index (χ0n) is 11.9. The Balaban J connectivity index is 1.88. The van der Waals surface area contributed by atoms with Crippen LogP contribution >= 0.6 is 0 Å². The van der Waals surface area contributed by atoms with Crippen LogP contribution in [0.1, 0.15) is 5.56 Å². The number of ether oxygens (including phenoxy) is 1. The summed E-state index contributed by atoms with van der Waals surface area (Å²) in [5, 5.41) is 15.8. The summed E-state index contributed by atoms with van der Waals surface area (Å²) < 4.78 is 5.10. The second kappa shape index (κ2) is 7.07. The van der Waals surface area contributed by atoms with Gasteiger partial charge in [-0.05, 0) is 29.8 Å². The highest BCUT2D eigenvalue weighted by Crippen LogP contribution is 2.15. The molecule has 2 aromatic rings. The van der Waals surface area contributed by atoms with E-state index in [2.05, 4.69) is 10.6 Å². The Morgan fingerprint density at radius 2 is 1.95 bits per heavy atom. The number of non-ortho nitro benzene ring substituents is 1. The van der Waals surface area contributed by atoms with Crippen molar-refractivity contribution >= 4 is 17.4 Å². The third-order valence-electron chi connectivity index (χ3n) is 2.92. The summed E-state index contributed by atoms with van der Waals surface area (Å²) in [7, 11) is 1.58. The minimum atomic E-state index is -0.493. The number of hydrogen-bond acceptors (Lipinski definition) is 4. The van der Waals surface area contributed by atoms with Crippen LogP contribution < -0.4 is 15.4 Å². The molecule has 0 aromatic heterocycles. The topological polar surface area (TPSA) is 93.5 Å². The molecule has 0 spiro atoms. The van der Waals surface area contributed by atoms with E-state index in [9.17, 15) is 14.9 Å². The quantitative estimate of drug-likeness (QED) is 0.656. The Kier molecular flexibility index (Phi) is 4.92. The average Bonchev–Trinajstić information content (AvgIpc) is 2.53. The molecule has 0 saturated carbocycles. The number of anilines is 1. The Hall–Kier alpha value is -3.09. The van der Waals surface area contributed by atoms with Gasteiger partial charge in [0.2, 0.25) is 0 Å². The molecule has 0 radical (unpaired) electrons. The van der Waals surface area contributed by atoms with Gasteiger partial charge in [0.25, 0.3) is 5.69 Å². The first-order valence-electron chi connectivity index (χ1n) is 6.51. The summed E-state index contributed by atoms with van der Waals surface area (Å²) >= 11 is 0. The standard InChI is InChI=1S/C15H15N3O4/c1-22-14-4-2-3-11(9-14)10-16-15(19)17-12-5-7-13(8-6-12)18(20)21/h2-9H,10H2,1H3,(H2,16,17,19). The predicted octanol–water partition coefficient (Wildman–Crippen LogP) is 2.93. The van der Waals surface area contributed by atoms with Crippen molar-refractivity contribution in [3.05, 3.63) is 64.2 Å². The fourth-order valence-corrected chi connectivity index (χ4v) is 1.81. The third kappa shape index (κ3) is 4.20. The van der Waals surface area contributed by atoms with Crippen LogP contribution in [0.3, 0.4) is 0 Å². The summed E-state index contributed by atoms with van der Waals surface area (Å²) in [6, 6.07) is 12.6. The molecular weight excluding hydrogens is 286 g/mol. The molecule has 0 aliphatic rings. The van der Waals surface area contributed by atoms with Crippen LogP contribution in [0.4, 0.5) is 16.2 Å². The van der Waals surface area contributed by atoms with Crippen LogP contribution in [-0.4, -0.2) is 18.1 Å². The number of nitrogens with zero attached hydrogens (tertiary/aromatic N) is 1. The lowest BCUT2D eigenvalue weighted by molar-refractivity contribution is -0.384. The Morgan fingerprint density at radius 1 is 1.23 bits per heavy atom. The Labute approximate surface area is 127 Å². The van der Waals surface area contributed by atoms with Gasteiger partial charge in [-0.1, -0.05) is 12.1 Å². The molecule has 0 fully saturated rings. The fourth-order valence-electron chi connectivity index (χ4n) is 1.81. The molecule has 0 saturated heterocycles. The number of hydrogen-bond donors (Lipinski definition) is 2. The Bertz CT molecular complexity index is 671. The lowest BCUT2D eigenvalue weighted by atomic mass is 10.2. The van der Waals surface area contributed by atoms with Crippen molar-refractivity contribution in [2.45, 2.75) is 6.54 Å². The average molecular weight is 301 g/mol. The van der Waals surface area contributed by atoms with Gasteiger partial charge in [0.15, 0.2) is 0 Å². The zero-order chi connectivity index (χ0) is 15.9. The minimum absolute atomic E-state index is 0.0256. The molecule has 0 bridgehead atoms. The third-order valence-corrected chi connectivity index (χ3v) is 2.92. The highest BCUT2D eigenvalue weighted by molar-refractivity contribution is 5.89. The van der Waals surface area contributed by atoms with Gasteiger partial charge < -0.3 is 15.4 Å². The van der Waals surface area contributed by atoms with E-state index < -0.39 is 11.0 Å². The van der Waals surface area contributed by atoms with Crippen LogP contribution in [0.2, 0.25) is 0 Å². The largest absolute Gasteiger partial charge is 0.497 e. The highest BCUT2D eigenvalue weighted by atomic mass is 16.6. The zero-order valence-corrected chi connectivity index (χ0v) is 11.9. The van der Waals surface area contributed by atoms with E-state index in [4.69, 9.17) is 4.74 Å². The monoisotopic (exact) mass is 301 g/mol. The van der Waals surface area contributed by atoms with E-state index in [1.165, 1.54) is 24.3 Å². The number of benzene rings is 2. The van der Waals surface area contributed by atoms with Crippen LogP contribution in [0.25, 0.3) is 0 Å². The lowest BCUT2D eigenvalue weighted by Crippen LogP contribution is -2.28. The minimum Gasteiger partial charge on any atom is -0.497 e. The SMILES string of the molecule is COc1cccc(CNC(=O)Nc2ccc([N+](=O)[O-])cc2)c1. The van der Waals surface area contributed by atoms with Gasteiger partial charge in [-0.2, -0.15) is 0 Å². The lowest BCUT2D eigenvalue weighted by Gasteiger charge is -2.08. The summed E-state index contributed by atoms with van der Waals surface area (Å²) in [6.45, 7) is 0.343. The summed E-state index contributed by atoms with van der Waals surface area (Å²) in [5.74, 6) is 0.718. The Morgan fingerprint density at radius 3 is 2.59 bits per heavy atom.